The van der Waals surface area contributed by atoms with E-state index in [-0.39, 0.29) is 0 Å². The van der Waals surface area contributed by atoms with Crippen LogP contribution >= 0.6 is 15.9 Å². The monoisotopic (exact) mass is 299 g/mol. The Hall–Kier alpha value is -0.540. The Morgan fingerprint density at radius 1 is 1.35 bits per heavy atom. The number of halogens is 1. The van der Waals surface area contributed by atoms with E-state index >= 15 is 0 Å². The fourth-order valence-electron chi connectivity index (χ4n) is 2.13. The predicted molar refractivity (Wildman–Crippen MR) is 77.0 cm³/mol. The van der Waals surface area contributed by atoms with Gasteiger partial charge in [-0.15, -0.1) is 0 Å². The molecule has 2 nitrogen and oxygen atoms in total. The van der Waals surface area contributed by atoms with Crippen molar-refractivity contribution in [3.63, 3.8) is 0 Å². The van der Waals surface area contributed by atoms with Crippen LogP contribution < -0.4 is 10.5 Å². The minimum absolute atomic E-state index is 0.306. The van der Waals surface area contributed by atoms with Crippen LogP contribution in [0, 0.1) is 6.92 Å². The second kappa shape index (κ2) is 5.87. The molecule has 0 aliphatic heterocycles. The largest absolute Gasteiger partial charge is 0.496 e. The Morgan fingerprint density at radius 2 is 1.94 bits per heavy atom. The summed E-state index contributed by atoms with van der Waals surface area (Å²) in [5.41, 5.74) is 9.49. The van der Waals surface area contributed by atoms with E-state index in [4.69, 9.17) is 10.5 Å². The lowest BCUT2D eigenvalue weighted by atomic mass is 9.89. The molecule has 1 atom stereocenters. The molecule has 1 rings (SSSR count). The van der Waals surface area contributed by atoms with Crippen molar-refractivity contribution in [2.45, 2.75) is 39.5 Å². The summed E-state index contributed by atoms with van der Waals surface area (Å²) in [6.45, 7) is 9.23. The van der Waals surface area contributed by atoms with Crippen molar-refractivity contribution in [1.82, 2.24) is 0 Å². The average Bonchev–Trinajstić information content (AvgIpc) is 2.30. The van der Waals surface area contributed by atoms with Gasteiger partial charge >= 0.3 is 0 Å². The highest BCUT2D eigenvalue weighted by Gasteiger charge is 2.20. The molecule has 0 amide bonds. The fourth-order valence-corrected chi connectivity index (χ4v) is 2.59. The smallest absolute Gasteiger partial charge is 0.126 e. The second-order valence-corrected chi connectivity index (χ2v) is 5.67. The molecule has 0 spiro atoms. The summed E-state index contributed by atoms with van der Waals surface area (Å²) in [5, 5.41) is 0. The maximum Gasteiger partial charge on any atom is 0.126 e. The topological polar surface area (TPSA) is 35.2 Å². The molecular weight excluding hydrogens is 278 g/mol. The minimum Gasteiger partial charge on any atom is -0.496 e. The molecule has 2 N–H and O–H groups in total. The summed E-state index contributed by atoms with van der Waals surface area (Å²) in [6.07, 6.45) is 0. The number of nitrogens with two attached hydrogens (primary N) is 1. The third-order valence-electron chi connectivity index (χ3n) is 3.22. The average molecular weight is 300 g/mol. The van der Waals surface area contributed by atoms with Gasteiger partial charge < -0.3 is 10.5 Å². The van der Waals surface area contributed by atoms with Crippen LogP contribution in [-0.2, 0) is 0 Å². The summed E-state index contributed by atoms with van der Waals surface area (Å²) in [7, 11) is 1.74. The Balaban J connectivity index is 3.53. The molecule has 0 aliphatic carbocycles. The highest BCUT2D eigenvalue weighted by atomic mass is 79.9. The molecule has 0 aromatic heterocycles. The zero-order valence-electron chi connectivity index (χ0n) is 11.3. The second-order valence-electron chi connectivity index (χ2n) is 4.81. The molecule has 0 saturated heterocycles. The molecule has 1 aromatic rings. The van der Waals surface area contributed by atoms with Crippen molar-refractivity contribution in [2.75, 3.05) is 13.7 Å². The number of hydrogen-bond donors (Lipinski definition) is 1. The van der Waals surface area contributed by atoms with E-state index < -0.39 is 0 Å². The number of methoxy groups -OCH3 is 1. The summed E-state index contributed by atoms with van der Waals surface area (Å²) >= 11 is 3.63. The van der Waals surface area contributed by atoms with Crippen LogP contribution in [0.5, 0.6) is 5.75 Å². The van der Waals surface area contributed by atoms with Gasteiger partial charge in [-0.2, -0.15) is 0 Å². The molecule has 96 valence electrons. The fraction of sp³-hybridized carbons (Fsp3) is 0.571. The first-order chi connectivity index (χ1) is 7.93. The summed E-state index contributed by atoms with van der Waals surface area (Å²) in [6, 6.07) is 2.16. The number of hydrogen-bond acceptors (Lipinski definition) is 2. The zero-order chi connectivity index (χ0) is 13.2. The van der Waals surface area contributed by atoms with E-state index in [2.05, 4.69) is 49.7 Å². The van der Waals surface area contributed by atoms with Crippen molar-refractivity contribution < 1.29 is 4.74 Å². The first-order valence-electron chi connectivity index (χ1n) is 6.00. The van der Waals surface area contributed by atoms with Crippen molar-refractivity contribution in [2.24, 2.45) is 5.73 Å². The number of rotatable bonds is 4. The molecule has 0 heterocycles. The van der Waals surface area contributed by atoms with Crippen molar-refractivity contribution >= 4 is 15.9 Å². The van der Waals surface area contributed by atoms with Crippen LogP contribution in [0.4, 0.5) is 0 Å². The van der Waals surface area contributed by atoms with E-state index in [1.807, 2.05) is 0 Å². The zero-order valence-corrected chi connectivity index (χ0v) is 12.9. The molecule has 17 heavy (non-hydrogen) atoms. The van der Waals surface area contributed by atoms with Crippen molar-refractivity contribution in [3.8, 4) is 5.75 Å². The van der Waals surface area contributed by atoms with Gasteiger partial charge in [0.2, 0.25) is 0 Å². The maximum absolute atomic E-state index is 5.80. The standard InChI is InChI=1S/C14H22BrNO/c1-8(2)11-6-12(15)10(4)13(9(3)7-16)14(11)17-5/h6,8-9H,7,16H2,1-5H3. The van der Waals surface area contributed by atoms with E-state index in [1.165, 1.54) is 16.7 Å². The highest BCUT2D eigenvalue weighted by Crippen LogP contribution is 2.40. The van der Waals surface area contributed by atoms with Crippen LogP contribution in [0.1, 0.15) is 49.3 Å². The first kappa shape index (κ1) is 14.5. The Labute approximate surface area is 113 Å². The van der Waals surface area contributed by atoms with Gasteiger partial charge in [-0.25, -0.2) is 0 Å². The van der Waals surface area contributed by atoms with E-state index in [0.29, 0.717) is 18.4 Å². The molecular formula is C14H22BrNO. The van der Waals surface area contributed by atoms with Gasteiger partial charge in [-0.05, 0) is 42.5 Å². The maximum atomic E-state index is 5.80. The SMILES string of the molecule is COc1c(C(C)C)cc(Br)c(C)c1C(C)CN. The number of ether oxygens (including phenoxy) is 1. The Kier molecular flexibility index (Phi) is 5.02. The van der Waals surface area contributed by atoms with E-state index in [0.717, 1.165) is 10.2 Å². The molecule has 0 fully saturated rings. The van der Waals surface area contributed by atoms with Crippen LogP contribution in [0.15, 0.2) is 10.5 Å². The van der Waals surface area contributed by atoms with Gasteiger partial charge in [0.25, 0.3) is 0 Å². The van der Waals surface area contributed by atoms with Crippen molar-refractivity contribution in [3.05, 3.63) is 27.2 Å². The minimum atomic E-state index is 0.306. The van der Waals surface area contributed by atoms with Crippen LogP contribution in [0.2, 0.25) is 0 Å². The van der Waals surface area contributed by atoms with Crippen molar-refractivity contribution in [1.29, 1.82) is 0 Å². The third kappa shape index (κ3) is 2.83. The van der Waals surface area contributed by atoms with Gasteiger partial charge in [-0.1, -0.05) is 36.7 Å². The van der Waals surface area contributed by atoms with Crippen LogP contribution in [0.3, 0.4) is 0 Å². The summed E-state index contributed by atoms with van der Waals surface area (Å²) < 4.78 is 6.76. The van der Waals surface area contributed by atoms with Gasteiger partial charge in [0.1, 0.15) is 5.75 Å². The highest BCUT2D eigenvalue weighted by molar-refractivity contribution is 9.10. The Bertz CT molecular complexity index is 402. The molecule has 0 aliphatic rings. The lowest BCUT2D eigenvalue weighted by Crippen LogP contribution is -2.13. The molecule has 1 aromatic carbocycles. The third-order valence-corrected chi connectivity index (χ3v) is 4.05. The molecule has 1 unspecified atom stereocenters. The lowest BCUT2D eigenvalue weighted by molar-refractivity contribution is 0.398. The lowest BCUT2D eigenvalue weighted by Gasteiger charge is -2.23. The van der Waals surface area contributed by atoms with Gasteiger partial charge in [0.15, 0.2) is 0 Å². The molecule has 0 radical (unpaired) electrons. The molecule has 0 saturated carbocycles. The van der Waals surface area contributed by atoms with Gasteiger partial charge in [0, 0.05) is 10.0 Å². The van der Waals surface area contributed by atoms with E-state index in [9.17, 15) is 0 Å². The molecule has 0 bridgehead atoms. The summed E-state index contributed by atoms with van der Waals surface area (Å²) in [5.74, 6) is 1.74. The van der Waals surface area contributed by atoms with Crippen LogP contribution in [0.25, 0.3) is 0 Å². The number of benzene rings is 1. The van der Waals surface area contributed by atoms with Crippen LogP contribution in [-0.4, -0.2) is 13.7 Å². The first-order valence-corrected chi connectivity index (χ1v) is 6.80. The Morgan fingerprint density at radius 3 is 2.35 bits per heavy atom. The summed E-state index contributed by atoms with van der Waals surface area (Å²) in [4.78, 5) is 0. The van der Waals surface area contributed by atoms with E-state index in [1.54, 1.807) is 7.11 Å². The predicted octanol–water partition coefficient (Wildman–Crippen LogP) is 3.95. The van der Waals surface area contributed by atoms with Gasteiger partial charge in [-0.3, -0.25) is 0 Å². The van der Waals surface area contributed by atoms with Gasteiger partial charge in [0.05, 0.1) is 7.11 Å². The normalized spacial score (nSPS) is 12.9. The quantitative estimate of drug-likeness (QED) is 0.913. The molecule has 3 heteroatoms.